The number of benzene rings is 2. The van der Waals surface area contributed by atoms with Gasteiger partial charge in [0.1, 0.15) is 0 Å². The predicted octanol–water partition coefficient (Wildman–Crippen LogP) is 5.06. The first-order valence-corrected chi connectivity index (χ1v) is 7.60. The molecule has 0 spiro atoms. The van der Waals surface area contributed by atoms with Crippen LogP contribution in [0.5, 0.6) is 0 Å². The Kier molecular flexibility index (Phi) is 5.62. The monoisotopic (exact) mass is 351 g/mol. The molecule has 0 atom stereocenters. The van der Waals surface area contributed by atoms with Gasteiger partial charge in [0.25, 0.3) is 0 Å². The number of hydrogen-bond donors (Lipinski definition) is 1. The average molecular weight is 353 g/mol. The van der Waals surface area contributed by atoms with Crippen LogP contribution < -0.4 is 5.32 Å². The van der Waals surface area contributed by atoms with E-state index in [1.807, 2.05) is 48.5 Å². The van der Waals surface area contributed by atoms with Crippen molar-refractivity contribution in [2.75, 3.05) is 5.32 Å². The number of hydrogen-bond acceptors (Lipinski definition) is 1. The SMILES string of the molecule is O=C(CCCc1ccc(Cl)cc1)Nc1ccc(Br)cc1. The topological polar surface area (TPSA) is 29.1 Å². The van der Waals surface area contributed by atoms with E-state index in [-0.39, 0.29) is 5.91 Å². The fourth-order valence-electron chi connectivity index (χ4n) is 1.86. The van der Waals surface area contributed by atoms with Crippen LogP contribution in [-0.2, 0) is 11.2 Å². The fourth-order valence-corrected chi connectivity index (χ4v) is 2.25. The van der Waals surface area contributed by atoms with Crippen molar-refractivity contribution in [2.45, 2.75) is 19.3 Å². The van der Waals surface area contributed by atoms with Gasteiger partial charge in [-0.25, -0.2) is 0 Å². The second kappa shape index (κ2) is 7.46. The summed E-state index contributed by atoms with van der Waals surface area (Å²) < 4.78 is 0.998. The highest BCUT2D eigenvalue weighted by atomic mass is 79.9. The lowest BCUT2D eigenvalue weighted by atomic mass is 10.1. The maximum Gasteiger partial charge on any atom is 0.224 e. The molecule has 0 saturated carbocycles. The van der Waals surface area contributed by atoms with Crippen LogP contribution in [0.1, 0.15) is 18.4 Å². The van der Waals surface area contributed by atoms with Crippen LogP contribution in [0.2, 0.25) is 5.02 Å². The molecule has 0 bridgehead atoms. The van der Waals surface area contributed by atoms with E-state index < -0.39 is 0 Å². The second-order valence-electron chi connectivity index (χ2n) is 4.54. The maximum absolute atomic E-state index is 11.8. The summed E-state index contributed by atoms with van der Waals surface area (Å²) in [5, 5.41) is 3.62. The van der Waals surface area contributed by atoms with Crippen molar-refractivity contribution in [2.24, 2.45) is 0 Å². The molecule has 0 heterocycles. The Morgan fingerprint density at radius 1 is 1.05 bits per heavy atom. The van der Waals surface area contributed by atoms with Crippen LogP contribution in [0.3, 0.4) is 0 Å². The van der Waals surface area contributed by atoms with Gasteiger partial charge in [-0.3, -0.25) is 4.79 Å². The number of aryl methyl sites for hydroxylation is 1. The van der Waals surface area contributed by atoms with Crippen LogP contribution in [0.25, 0.3) is 0 Å². The first-order valence-electron chi connectivity index (χ1n) is 6.43. The molecular formula is C16H15BrClNO. The van der Waals surface area contributed by atoms with Crippen LogP contribution >= 0.6 is 27.5 Å². The molecule has 0 aromatic heterocycles. The van der Waals surface area contributed by atoms with Crippen LogP contribution in [-0.4, -0.2) is 5.91 Å². The van der Waals surface area contributed by atoms with Crippen molar-refractivity contribution in [3.63, 3.8) is 0 Å². The Morgan fingerprint density at radius 2 is 1.70 bits per heavy atom. The smallest absolute Gasteiger partial charge is 0.224 e. The molecule has 1 amide bonds. The van der Waals surface area contributed by atoms with E-state index >= 15 is 0 Å². The van der Waals surface area contributed by atoms with Crippen LogP contribution in [0.15, 0.2) is 53.0 Å². The summed E-state index contributed by atoms with van der Waals surface area (Å²) in [6.45, 7) is 0. The Labute approximate surface area is 132 Å². The van der Waals surface area contributed by atoms with Crippen molar-refractivity contribution in [3.8, 4) is 0 Å². The molecule has 20 heavy (non-hydrogen) atoms. The highest BCUT2D eigenvalue weighted by molar-refractivity contribution is 9.10. The standard InChI is InChI=1S/C16H15BrClNO/c17-13-6-10-15(11-7-13)19-16(20)3-1-2-12-4-8-14(18)9-5-12/h4-11H,1-3H2,(H,19,20). The van der Waals surface area contributed by atoms with Crippen LogP contribution in [0, 0.1) is 0 Å². The maximum atomic E-state index is 11.8. The van der Waals surface area contributed by atoms with E-state index in [0.29, 0.717) is 6.42 Å². The van der Waals surface area contributed by atoms with Crippen molar-refractivity contribution in [1.82, 2.24) is 0 Å². The third-order valence-electron chi connectivity index (χ3n) is 2.91. The lowest BCUT2D eigenvalue weighted by molar-refractivity contribution is -0.116. The van der Waals surface area contributed by atoms with E-state index in [1.165, 1.54) is 5.56 Å². The minimum Gasteiger partial charge on any atom is -0.326 e. The van der Waals surface area contributed by atoms with Crippen molar-refractivity contribution in [3.05, 3.63) is 63.6 Å². The number of rotatable bonds is 5. The Hall–Kier alpha value is -1.32. The molecule has 2 aromatic carbocycles. The second-order valence-corrected chi connectivity index (χ2v) is 5.89. The molecule has 0 radical (unpaired) electrons. The Bertz CT molecular complexity index is 566. The third-order valence-corrected chi connectivity index (χ3v) is 3.69. The minimum atomic E-state index is 0.0429. The first-order chi connectivity index (χ1) is 9.63. The van der Waals surface area contributed by atoms with E-state index in [1.54, 1.807) is 0 Å². The fraction of sp³-hybridized carbons (Fsp3) is 0.188. The summed E-state index contributed by atoms with van der Waals surface area (Å²) in [7, 11) is 0. The van der Waals surface area contributed by atoms with E-state index in [9.17, 15) is 4.79 Å². The number of carbonyl (C=O) groups excluding carboxylic acids is 1. The normalized spacial score (nSPS) is 10.3. The minimum absolute atomic E-state index is 0.0429. The molecule has 2 rings (SSSR count). The van der Waals surface area contributed by atoms with Gasteiger partial charge < -0.3 is 5.32 Å². The first kappa shape index (κ1) is 15.1. The van der Waals surface area contributed by atoms with Gasteiger partial charge in [-0.05, 0) is 54.8 Å². The van der Waals surface area contributed by atoms with Gasteiger partial charge in [0, 0.05) is 21.6 Å². The summed E-state index contributed by atoms with van der Waals surface area (Å²) in [5.74, 6) is 0.0429. The quantitative estimate of drug-likeness (QED) is 0.800. The van der Waals surface area contributed by atoms with E-state index in [2.05, 4.69) is 21.2 Å². The van der Waals surface area contributed by atoms with E-state index in [4.69, 9.17) is 11.6 Å². The zero-order chi connectivity index (χ0) is 14.4. The zero-order valence-electron chi connectivity index (χ0n) is 10.9. The summed E-state index contributed by atoms with van der Waals surface area (Å²) in [6, 6.07) is 15.3. The lowest BCUT2D eigenvalue weighted by Crippen LogP contribution is -2.11. The van der Waals surface area contributed by atoms with Gasteiger partial charge in [0.2, 0.25) is 5.91 Å². The summed E-state index contributed by atoms with van der Waals surface area (Å²) >= 11 is 9.19. The summed E-state index contributed by atoms with van der Waals surface area (Å²) in [6.07, 6.45) is 2.22. The summed E-state index contributed by atoms with van der Waals surface area (Å²) in [5.41, 5.74) is 2.02. The molecule has 0 aliphatic carbocycles. The van der Waals surface area contributed by atoms with Gasteiger partial charge in [0.05, 0.1) is 0 Å². The molecule has 0 saturated heterocycles. The van der Waals surface area contributed by atoms with Gasteiger partial charge in [-0.1, -0.05) is 39.7 Å². The zero-order valence-corrected chi connectivity index (χ0v) is 13.2. The van der Waals surface area contributed by atoms with Crippen LogP contribution in [0.4, 0.5) is 5.69 Å². The van der Waals surface area contributed by atoms with Gasteiger partial charge in [-0.15, -0.1) is 0 Å². The molecule has 0 fully saturated rings. The highest BCUT2D eigenvalue weighted by Gasteiger charge is 2.03. The molecule has 2 aromatic rings. The molecule has 1 N–H and O–H groups in total. The predicted molar refractivity (Wildman–Crippen MR) is 87.2 cm³/mol. The number of amides is 1. The highest BCUT2D eigenvalue weighted by Crippen LogP contribution is 2.15. The molecule has 0 unspecified atom stereocenters. The lowest BCUT2D eigenvalue weighted by Gasteiger charge is -2.05. The van der Waals surface area contributed by atoms with Crippen molar-refractivity contribution in [1.29, 1.82) is 0 Å². The molecule has 0 aliphatic heterocycles. The number of halogens is 2. The van der Waals surface area contributed by atoms with Crippen molar-refractivity contribution < 1.29 is 4.79 Å². The number of anilines is 1. The molecule has 104 valence electrons. The average Bonchev–Trinajstić information content (AvgIpc) is 2.44. The third kappa shape index (κ3) is 4.99. The Morgan fingerprint density at radius 3 is 2.35 bits per heavy atom. The van der Waals surface area contributed by atoms with Gasteiger partial charge in [-0.2, -0.15) is 0 Å². The number of nitrogens with one attached hydrogen (secondary N) is 1. The molecule has 0 aliphatic rings. The molecule has 4 heteroatoms. The molecular weight excluding hydrogens is 338 g/mol. The molecule has 2 nitrogen and oxygen atoms in total. The Balaban J connectivity index is 1.75. The van der Waals surface area contributed by atoms with Gasteiger partial charge in [0.15, 0.2) is 0 Å². The van der Waals surface area contributed by atoms with E-state index in [0.717, 1.165) is 28.0 Å². The van der Waals surface area contributed by atoms with Gasteiger partial charge >= 0.3 is 0 Å². The largest absolute Gasteiger partial charge is 0.326 e. The van der Waals surface area contributed by atoms with Crippen molar-refractivity contribution >= 4 is 39.1 Å². The number of carbonyl (C=O) groups is 1. The summed E-state index contributed by atoms with van der Waals surface area (Å²) in [4.78, 5) is 11.8.